The zero-order valence-electron chi connectivity index (χ0n) is 11.9. The quantitative estimate of drug-likeness (QED) is 0.901. The van der Waals surface area contributed by atoms with E-state index in [4.69, 9.17) is 10.7 Å². The highest BCUT2D eigenvalue weighted by Gasteiger charge is 2.34. The van der Waals surface area contributed by atoms with E-state index in [0.29, 0.717) is 5.82 Å². The van der Waals surface area contributed by atoms with Gasteiger partial charge in [-0.3, -0.25) is 9.80 Å². The van der Waals surface area contributed by atoms with Crippen LogP contribution in [-0.4, -0.2) is 52.5 Å². The van der Waals surface area contributed by atoms with Crippen LogP contribution in [0.4, 0.5) is 5.82 Å². The minimum atomic E-state index is 0.276. The zero-order chi connectivity index (χ0) is 14.2. The van der Waals surface area contributed by atoms with Crippen molar-refractivity contribution in [2.24, 2.45) is 0 Å². The van der Waals surface area contributed by atoms with Gasteiger partial charge in [0, 0.05) is 44.4 Å². The number of benzene rings is 1. The first-order chi connectivity index (χ1) is 10.3. The molecule has 1 aromatic carbocycles. The molecule has 21 heavy (non-hydrogen) atoms. The molecule has 5 rings (SSSR count). The van der Waals surface area contributed by atoms with Crippen LogP contribution in [0.3, 0.4) is 0 Å². The van der Waals surface area contributed by atoms with Gasteiger partial charge in [0.2, 0.25) is 0 Å². The van der Waals surface area contributed by atoms with Crippen LogP contribution < -0.4 is 5.73 Å². The van der Waals surface area contributed by atoms with E-state index in [2.05, 4.69) is 26.9 Å². The molecule has 1 aromatic heterocycles. The van der Waals surface area contributed by atoms with Crippen molar-refractivity contribution in [1.82, 2.24) is 19.8 Å². The average molecular weight is 281 g/mol. The Bertz CT molecular complexity index is 634. The molecule has 1 atom stereocenters. The Morgan fingerprint density at radius 2 is 1.76 bits per heavy atom. The normalized spacial score (nSPS) is 27.7. The number of nitrogen functional groups attached to an aromatic ring is 1. The van der Waals surface area contributed by atoms with Crippen LogP contribution in [0.1, 0.15) is 11.9 Å². The number of piperazine rings is 3. The second kappa shape index (κ2) is 5.09. The fourth-order valence-electron chi connectivity index (χ4n) is 3.25. The van der Waals surface area contributed by atoms with Gasteiger partial charge in [0.1, 0.15) is 11.6 Å². The Morgan fingerprint density at radius 1 is 1.00 bits per heavy atom. The summed E-state index contributed by atoms with van der Waals surface area (Å²) in [7, 11) is 0. The summed E-state index contributed by atoms with van der Waals surface area (Å²) in [5.74, 6) is 1.41. The van der Waals surface area contributed by atoms with Crippen LogP contribution in [0.25, 0.3) is 11.3 Å². The molecule has 2 aromatic rings. The van der Waals surface area contributed by atoms with E-state index in [1.807, 2.05) is 24.3 Å². The molecule has 3 aliphatic heterocycles. The number of anilines is 1. The maximum Gasteiger partial charge on any atom is 0.149 e. The van der Waals surface area contributed by atoms with Gasteiger partial charge >= 0.3 is 0 Å². The van der Waals surface area contributed by atoms with Crippen molar-refractivity contribution in [3.8, 4) is 11.3 Å². The Balaban J connectivity index is 1.71. The summed E-state index contributed by atoms with van der Waals surface area (Å²) in [6, 6.07) is 12.3. The van der Waals surface area contributed by atoms with Gasteiger partial charge in [0.25, 0.3) is 0 Å². The van der Waals surface area contributed by atoms with Gasteiger partial charge in [-0.25, -0.2) is 9.97 Å². The molecule has 0 radical (unpaired) electrons. The summed E-state index contributed by atoms with van der Waals surface area (Å²) >= 11 is 0. The lowest BCUT2D eigenvalue weighted by atomic mass is 10.1. The number of nitrogens with two attached hydrogens (primary N) is 1. The highest BCUT2D eigenvalue weighted by molar-refractivity contribution is 5.61. The van der Waals surface area contributed by atoms with E-state index < -0.39 is 0 Å². The van der Waals surface area contributed by atoms with Gasteiger partial charge in [-0.15, -0.1) is 0 Å². The molecule has 0 spiro atoms. The van der Waals surface area contributed by atoms with Gasteiger partial charge in [-0.2, -0.15) is 0 Å². The topological polar surface area (TPSA) is 58.3 Å². The van der Waals surface area contributed by atoms with Gasteiger partial charge in [-0.1, -0.05) is 30.3 Å². The molecule has 108 valence electrons. The first kappa shape index (κ1) is 12.7. The SMILES string of the molecule is Nc1cc(-c2ccccc2)nc(C2CN3CCN2CC3)n1. The standard InChI is InChI=1S/C16H19N5/c17-15-10-13(12-4-2-1-3-5-12)18-16(19-15)14-11-20-6-8-21(14)9-7-20/h1-5,10,14H,6-9,11H2,(H2,17,18,19). The molecule has 3 fully saturated rings. The molecule has 2 N–H and O–H groups in total. The lowest BCUT2D eigenvalue weighted by Gasteiger charge is -2.46. The molecule has 3 saturated heterocycles. The van der Waals surface area contributed by atoms with Crippen molar-refractivity contribution in [3.63, 3.8) is 0 Å². The summed E-state index contributed by atoms with van der Waals surface area (Å²) in [6.07, 6.45) is 0. The maximum atomic E-state index is 6.02. The first-order valence-corrected chi connectivity index (χ1v) is 7.46. The summed E-state index contributed by atoms with van der Waals surface area (Å²) in [4.78, 5) is 14.2. The molecule has 5 nitrogen and oxygen atoms in total. The number of hydrogen-bond acceptors (Lipinski definition) is 5. The van der Waals surface area contributed by atoms with Crippen LogP contribution in [-0.2, 0) is 0 Å². The third-order valence-corrected chi connectivity index (χ3v) is 4.41. The molecule has 3 aliphatic rings. The van der Waals surface area contributed by atoms with Gasteiger partial charge in [0.15, 0.2) is 0 Å². The second-order valence-electron chi connectivity index (χ2n) is 5.75. The molecule has 0 saturated carbocycles. The van der Waals surface area contributed by atoms with Crippen molar-refractivity contribution in [1.29, 1.82) is 0 Å². The van der Waals surface area contributed by atoms with Crippen LogP contribution in [0.15, 0.2) is 36.4 Å². The van der Waals surface area contributed by atoms with Crippen LogP contribution in [0.5, 0.6) is 0 Å². The third kappa shape index (κ3) is 2.39. The minimum absolute atomic E-state index is 0.276. The molecule has 0 amide bonds. The van der Waals surface area contributed by atoms with Crippen molar-refractivity contribution in [3.05, 3.63) is 42.2 Å². The largest absolute Gasteiger partial charge is 0.384 e. The van der Waals surface area contributed by atoms with Crippen LogP contribution in [0.2, 0.25) is 0 Å². The zero-order valence-corrected chi connectivity index (χ0v) is 11.9. The van der Waals surface area contributed by atoms with Crippen LogP contribution >= 0.6 is 0 Å². The van der Waals surface area contributed by atoms with E-state index in [9.17, 15) is 0 Å². The van der Waals surface area contributed by atoms with Crippen molar-refractivity contribution >= 4 is 5.82 Å². The van der Waals surface area contributed by atoms with E-state index in [0.717, 1.165) is 49.8 Å². The number of rotatable bonds is 2. The molecule has 5 heteroatoms. The van der Waals surface area contributed by atoms with E-state index in [-0.39, 0.29) is 6.04 Å². The van der Waals surface area contributed by atoms with Crippen LogP contribution in [0, 0.1) is 0 Å². The highest BCUT2D eigenvalue weighted by Crippen LogP contribution is 2.28. The first-order valence-electron chi connectivity index (χ1n) is 7.46. The Kier molecular flexibility index (Phi) is 3.09. The maximum absolute atomic E-state index is 6.02. The summed E-state index contributed by atoms with van der Waals surface area (Å²) in [5, 5.41) is 0. The van der Waals surface area contributed by atoms with E-state index >= 15 is 0 Å². The van der Waals surface area contributed by atoms with Crippen molar-refractivity contribution < 1.29 is 0 Å². The Hall–Kier alpha value is -1.98. The Labute approximate surface area is 124 Å². The predicted octanol–water partition coefficient (Wildman–Crippen LogP) is 1.40. The van der Waals surface area contributed by atoms with Gasteiger partial charge in [-0.05, 0) is 0 Å². The third-order valence-electron chi connectivity index (χ3n) is 4.41. The lowest BCUT2D eigenvalue weighted by Crippen LogP contribution is -2.57. The minimum Gasteiger partial charge on any atom is -0.384 e. The summed E-state index contributed by atoms with van der Waals surface area (Å²) in [6.45, 7) is 5.53. The number of nitrogens with zero attached hydrogens (tertiary/aromatic N) is 4. The number of fused-ring (bicyclic) bond motifs is 3. The monoisotopic (exact) mass is 281 g/mol. The molecule has 1 unspecified atom stereocenters. The predicted molar refractivity (Wildman–Crippen MR) is 82.6 cm³/mol. The lowest BCUT2D eigenvalue weighted by molar-refractivity contribution is 0.00876. The fraction of sp³-hybridized carbons (Fsp3) is 0.375. The molecule has 0 aliphatic carbocycles. The summed E-state index contributed by atoms with van der Waals surface area (Å²) in [5.41, 5.74) is 8.02. The number of aromatic nitrogens is 2. The van der Waals surface area contributed by atoms with Gasteiger partial charge in [0.05, 0.1) is 11.7 Å². The fourth-order valence-corrected chi connectivity index (χ4v) is 3.25. The Morgan fingerprint density at radius 3 is 2.43 bits per heavy atom. The number of hydrogen-bond donors (Lipinski definition) is 1. The van der Waals surface area contributed by atoms with E-state index in [1.54, 1.807) is 0 Å². The molecule has 2 bridgehead atoms. The molecular formula is C16H19N5. The van der Waals surface area contributed by atoms with Crippen molar-refractivity contribution in [2.45, 2.75) is 6.04 Å². The highest BCUT2D eigenvalue weighted by atomic mass is 15.4. The smallest absolute Gasteiger partial charge is 0.149 e. The summed E-state index contributed by atoms with van der Waals surface area (Å²) < 4.78 is 0. The molecular weight excluding hydrogens is 262 g/mol. The van der Waals surface area contributed by atoms with Crippen molar-refractivity contribution in [2.75, 3.05) is 38.5 Å². The second-order valence-corrected chi connectivity index (χ2v) is 5.75. The molecule has 4 heterocycles. The average Bonchev–Trinajstić information content (AvgIpc) is 2.56. The van der Waals surface area contributed by atoms with E-state index in [1.165, 1.54) is 0 Å². The van der Waals surface area contributed by atoms with Gasteiger partial charge < -0.3 is 5.73 Å².